The van der Waals surface area contributed by atoms with Gasteiger partial charge in [-0.2, -0.15) is 0 Å². The van der Waals surface area contributed by atoms with Gasteiger partial charge in [0.05, 0.1) is 0 Å². The van der Waals surface area contributed by atoms with Crippen LogP contribution in [-0.2, 0) is 0 Å². The molecule has 4 atom stereocenters. The van der Waals surface area contributed by atoms with Gasteiger partial charge in [-0.15, -0.1) is 0 Å². The van der Waals surface area contributed by atoms with E-state index in [-0.39, 0.29) is 5.41 Å². The summed E-state index contributed by atoms with van der Waals surface area (Å²) in [6.07, 6.45) is 12.6. The van der Waals surface area contributed by atoms with Crippen molar-refractivity contribution in [2.45, 2.75) is 66.2 Å². The summed E-state index contributed by atoms with van der Waals surface area (Å²) in [7, 11) is 0. The van der Waals surface area contributed by atoms with Crippen LogP contribution in [0, 0.1) is 28.6 Å². The van der Waals surface area contributed by atoms with E-state index in [1.165, 1.54) is 38.5 Å². The van der Waals surface area contributed by atoms with E-state index in [0.29, 0.717) is 23.9 Å². The molecule has 0 aromatic rings. The zero-order valence-corrected chi connectivity index (χ0v) is 14.3. The molecule has 3 rings (SSSR count). The fourth-order valence-electron chi connectivity index (χ4n) is 5.66. The molecule has 0 aromatic heterocycles. The number of fused-ring (bicyclic) bond motifs is 3. The molecule has 3 aliphatic rings. The van der Waals surface area contributed by atoms with Gasteiger partial charge in [-0.25, -0.2) is 0 Å². The molecule has 1 N–H and O–H groups in total. The summed E-state index contributed by atoms with van der Waals surface area (Å²) < 4.78 is 0. The lowest BCUT2D eigenvalue weighted by Gasteiger charge is -2.58. The van der Waals surface area contributed by atoms with Crippen LogP contribution in [0.2, 0.25) is 0 Å². The lowest BCUT2D eigenvalue weighted by molar-refractivity contribution is -0.0737. The standard InChI is InChI=1S/C20H32O/c1-14(2)15-6-8-17-16(12-15)7-9-18-19(3,13-21)10-5-11-20(17,18)4/h7,12,14,17-18,21H,5-6,8-11,13H2,1-4H3/t17-,18-,19-,20-/m1/s1. The van der Waals surface area contributed by atoms with Gasteiger partial charge in [0.15, 0.2) is 0 Å². The minimum atomic E-state index is 0.136. The first-order valence-electron chi connectivity index (χ1n) is 8.92. The Morgan fingerprint density at radius 2 is 2.05 bits per heavy atom. The van der Waals surface area contributed by atoms with E-state index >= 15 is 0 Å². The fraction of sp³-hybridized carbons (Fsp3) is 0.800. The molecule has 0 amide bonds. The van der Waals surface area contributed by atoms with Crippen molar-refractivity contribution in [3.05, 3.63) is 23.3 Å². The van der Waals surface area contributed by atoms with Gasteiger partial charge in [0.25, 0.3) is 0 Å². The number of rotatable bonds is 2. The van der Waals surface area contributed by atoms with Crippen LogP contribution in [0.4, 0.5) is 0 Å². The maximum Gasteiger partial charge on any atom is 0.0487 e. The predicted molar refractivity (Wildman–Crippen MR) is 89.0 cm³/mol. The number of aliphatic hydroxyl groups excluding tert-OH is 1. The maximum atomic E-state index is 9.98. The van der Waals surface area contributed by atoms with Crippen molar-refractivity contribution in [3.63, 3.8) is 0 Å². The Morgan fingerprint density at radius 3 is 2.71 bits per heavy atom. The Kier molecular flexibility index (Phi) is 3.84. The third kappa shape index (κ3) is 2.32. The Morgan fingerprint density at radius 1 is 1.29 bits per heavy atom. The molecule has 1 heteroatoms. The van der Waals surface area contributed by atoms with Gasteiger partial charge in [0.2, 0.25) is 0 Å². The van der Waals surface area contributed by atoms with Gasteiger partial charge >= 0.3 is 0 Å². The summed E-state index contributed by atoms with van der Waals surface area (Å²) in [5, 5.41) is 9.98. The van der Waals surface area contributed by atoms with Crippen LogP contribution in [0.25, 0.3) is 0 Å². The van der Waals surface area contributed by atoms with Gasteiger partial charge in [-0.3, -0.25) is 0 Å². The van der Waals surface area contributed by atoms with Crippen LogP contribution in [0.3, 0.4) is 0 Å². The predicted octanol–water partition coefficient (Wildman–Crippen LogP) is 5.11. The number of allylic oxidation sites excluding steroid dienone is 4. The molecule has 1 nitrogen and oxygen atoms in total. The molecule has 1 fully saturated rings. The SMILES string of the molecule is CC(C)C1=CC2=CC[C@@H]3[C@@](C)(CO)CCC[C@]3(C)[C@@H]2CC1. The van der Waals surface area contributed by atoms with E-state index in [1.54, 1.807) is 11.1 Å². The van der Waals surface area contributed by atoms with Crippen molar-refractivity contribution < 1.29 is 5.11 Å². The molecule has 0 aliphatic heterocycles. The Bertz CT molecular complexity index is 472. The Balaban J connectivity index is 1.97. The summed E-state index contributed by atoms with van der Waals surface area (Å²) in [4.78, 5) is 0. The minimum Gasteiger partial charge on any atom is -0.396 e. The van der Waals surface area contributed by atoms with Crippen molar-refractivity contribution in [1.82, 2.24) is 0 Å². The smallest absolute Gasteiger partial charge is 0.0487 e. The highest BCUT2D eigenvalue weighted by molar-refractivity contribution is 5.35. The third-order valence-corrected chi connectivity index (χ3v) is 7.06. The highest BCUT2D eigenvalue weighted by Gasteiger charge is 2.53. The summed E-state index contributed by atoms with van der Waals surface area (Å²) in [6.45, 7) is 9.85. The molecule has 0 radical (unpaired) electrons. The van der Waals surface area contributed by atoms with Crippen LogP contribution >= 0.6 is 0 Å². The van der Waals surface area contributed by atoms with Crippen molar-refractivity contribution in [2.75, 3.05) is 6.61 Å². The van der Waals surface area contributed by atoms with Crippen molar-refractivity contribution in [1.29, 1.82) is 0 Å². The highest BCUT2D eigenvalue weighted by Crippen LogP contribution is 2.61. The number of aliphatic hydroxyl groups is 1. The molecular formula is C20H32O. The van der Waals surface area contributed by atoms with E-state index in [1.807, 2.05) is 0 Å². The van der Waals surface area contributed by atoms with E-state index in [0.717, 1.165) is 5.92 Å². The van der Waals surface area contributed by atoms with E-state index in [2.05, 4.69) is 39.8 Å². The second-order valence-corrected chi connectivity index (χ2v) is 8.63. The molecule has 1 saturated carbocycles. The van der Waals surface area contributed by atoms with Crippen LogP contribution < -0.4 is 0 Å². The Hall–Kier alpha value is -0.560. The average molecular weight is 288 g/mol. The van der Waals surface area contributed by atoms with E-state index in [4.69, 9.17) is 0 Å². The lowest BCUT2D eigenvalue weighted by Crippen LogP contribution is -2.51. The second-order valence-electron chi connectivity index (χ2n) is 8.63. The van der Waals surface area contributed by atoms with Crippen LogP contribution in [0.5, 0.6) is 0 Å². The largest absolute Gasteiger partial charge is 0.396 e. The van der Waals surface area contributed by atoms with Gasteiger partial charge < -0.3 is 5.11 Å². The average Bonchev–Trinajstić information content (AvgIpc) is 2.46. The Labute approximate surface area is 130 Å². The first kappa shape index (κ1) is 15.3. The number of hydrogen-bond acceptors (Lipinski definition) is 1. The van der Waals surface area contributed by atoms with Crippen LogP contribution in [-0.4, -0.2) is 11.7 Å². The van der Waals surface area contributed by atoms with Gasteiger partial charge in [0.1, 0.15) is 0 Å². The van der Waals surface area contributed by atoms with Crippen LogP contribution in [0.1, 0.15) is 66.2 Å². The quantitative estimate of drug-likeness (QED) is 0.748. The van der Waals surface area contributed by atoms with Crippen molar-refractivity contribution in [3.8, 4) is 0 Å². The number of hydrogen-bond donors (Lipinski definition) is 1. The van der Waals surface area contributed by atoms with Gasteiger partial charge in [-0.05, 0) is 66.3 Å². The van der Waals surface area contributed by atoms with Crippen molar-refractivity contribution in [2.24, 2.45) is 28.6 Å². The summed E-state index contributed by atoms with van der Waals surface area (Å²) in [5.41, 5.74) is 3.79. The monoisotopic (exact) mass is 288 g/mol. The molecule has 0 unspecified atom stereocenters. The summed E-state index contributed by atoms with van der Waals surface area (Å²) in [5.74, 6) is 2.07. The van der Waals surface area contributed by atoms with E-state index in [9.17, 15) is 5.11 Å². The topological polar surface area (TPSA) is 20.2 Å². The fourth-order valence-corrected chi connectivity index (χ4v) is 5.66. The maximum absolute atomic E-state index is 9.98. The molecule has 3 aliphatic carbocycles. The van der Waals surface area contributed by atoms with Crippen LogP contribution in [0.15, 0.2) is 23.3 Å². The van der Waals surface area contributed by atoms with Gasteiger partial charge in [0, 0.05) is 6.61 Å². The highest BCUT2D eigenvalue weighted by atomic mass is 16.3. The first-order valence-corrected chi connectivity index (χ1v) is 8.92. The summed E-state index contributed by atoms with van der Waals surface area (Å²) in [6, 6.07) is 0. The zero-order chi connectivity index (χ0) is 15.3. The van der Waals surface area contributed by atoms with Crippen molar-refractivity contribution >= 4 is 0 Å². The minimum absolute atomic E-state index is 0.136. The molecule has 0 spiro atoms. The molecule has 0 bridgehead atoms. The molecule has 0 heterocycles. The first-order chi connectivity index (χ1) is 9.90. The van der Waals surface area contributed by atoms with E-state index < -0.39 is 0 Å². The second kappa shape index (κ2) is 5.26. The molecule has 21 heavy (non-hydrogen) atoms. The normalized spacial score (nSPS) is 43.0. The lowest BCUT2D eigenvalue weighted by atomic mass is 9.47. The summed E-state index contributed by atoms with van der Waals surface area (Å²) >= 11 is 0. The van der Waals surface area contributed by atoms with Gasteiger partial charge in [-0.1, -0.05) is 51.8 Å². The molecular weight excluding hydrogens is 256 g/mol. The zero-order valence-electron chi connectivity index (χ0n) is 14.3. The molecule has 0 saturated heterocycles. The third-order valence-electron chi connectivity index (χ3n) is 7.06. The molecule has 118 valence electrons. The molecule has 0 aromatic carbocycles.